The van der Waals surface area contributed by atoms with Gasteiger partial charge >= 0.3 is 6.09 Å². The number of nitrogens with one attached hydrogen (secondary N) is 2. The zero-order valence-electron chi connectivity index (χ0n) is 21.9. The number of phenols is 1. The molecule has 5 N–H and O–H groups in total. The van der Waals surface area contributed by atoms with Crippen molar-refractivity contribution in [2.45, 2.75) is 103 Å². The first kappa shape index (κ1) is 28.9. The first-order chi connectivity index (χ1) is 16.8. The number of primary amides is 1. The molecular weight excluding hydrogens is 464 g/mol. The van der Waals surface area contributed by atoms with Crippen LogP contribution in [0.15, 0.2) is 24.3 Å². The van der Waals surface area contributed by atoms with Gasteiger partial charge in [0.25, 0.3) is 0 Å². The lowest BCUT2D eigenvalue weighted by atomic mass is 9.87. The van der Waals surface area contributed by atoms with Gasteiger partial charge in [0.15, 0.2) is 0 Å². The van der Waals surface area contributed by atoms with Gasteiger partial charge in [-0.3, -0.25) is 14.4 Å². The fourth-order valence-corrected chi connectivity index (χ4v) is 4.18. The molecule has 2 rings (SSSR count). The van der Waals surface area contributed by atoms with Crippen LogP contribution in [-0.2, 0) is 19.1 Å². The number of amides is 4. The highest BCUT2D eigenvalue weighted by Crippen LogP contribution is 2.37. The monoisotopic (exact) mass is 504 g/mol. The molecule has 36 heavy (non-hydrogen) atoms. The Kier molecular flexibility index (Phi) is 10.1. The Morgan fingerprint density at radius 1 is 1.17 bits per heavy atom. The van der Waals surface area contributed by atoms with Crippen LogP contribution in [0, 0.1) is 0 Å². The fourth-order valence-electron chi connectivity index (χ4n) is 4.18. The predicted molar refractivity (Wildman–Crippen MR) is 135 cm³/mol. The molecule has 3 atom stereocenters. The van der Waals surface area contributed by atoms with Crippen LogP contribution in [0.25, 0.3) is 0 Å². The maximum Gasteiger partial charge on any atom is 0.408 e. The van der Waals surface area contributed by atoms with Gasteiger partial charge in [0.2, 0.25) is 17.7 Å². The van der Waals surface area contributed by atoms with Gasteiger partial charge in [-0.25, -0.2) is 4.79 Å². The molecule has 0 radical (unpaired) electrons. The van der Waals surface area contributed by atoms with E-state index in [2.05, 4.69) is 10.6 Å². The Hall–Kier alpha value is -3.30. The highest BCUT2D eigenvalue weighted by molar-refractivity contribution is 5.95. The smallest absolute Gasteiger partial charge is 0.408 e. The molecule has 0 heterocycles. The third-order valence-corrected chi connectivity index (χ3v) is 5.99. The normalized spacial score (nSPS) is 16.1. The van der Waals surface area contributed by atoms with Crippen molar-refractivity contribution in [1.82, 2.24) is 15.5 Å². The summed E-state index contributed by atoms with van der Waals surface area (Å²) in [6, 6.07) is 3.37. The zero-order chi connectivity index (χ0) is 27.0. The van der Waals surface area contributed by atoms with Gasteiger partial charge in [-0.05, 0) is 59.4 Å². The predicted octanol–water partition coefficient (Wildman–Crippen LogP) is 2.89. The molecule has 0 aromatic heterocycles. The van der Waals surface area contributed by atoms with E-state index in [4.69, 9.17) is 10.5 Å². The Morgan fingerprint density at radius 2 is 1.81 bits per heavy atom. The second kappa shape index (κ2) is 12.6. The molecule has 1 aromatic rings. The molecule has 10 heteroatoms. The van der Waals surface area contributed by atoms with Crippen molar-refractivity contribution in [3.05, 3.63) is 29.8 Å². The van der Waals surface area contributed by atoms with Gasteiger partial charge < -0.3 is 31.1 Å². The summed E-state index contributed by atoms with van der Waals surface area (Å²) in [5, 5.41) is 16.1. The van der Waals surface area contributed by atoms with Crippen LogP contribution in [0.4, 0.5) is 4.79 Å². The molecule has 4 amide bonds. The standard InChI is InChI=1S/C26H40N4O6/c1-6-10-16(2)28-23(33)22(18-13-7-8-14-20(18)31)30(17-11-9-12-17)24(34)19(15-21(27)32)29-25(35)36-26(3,4)5/h7-8,13-14,16-17,19,22,31H,6,9-12,15H2,1-5H3,(H2,27,32)(H,28,33)(H,29,35). The van der Waals surface area contributed by atoms with Crippen molar-refractivity contribution < 1.29 is 29.0 Å². The van der Waals surface area contributed by atoms with Crippen LogP contribution in [-0.4, -0.2) is 57.5 Å². The third-order valence-electron chi connectivity index (χ3n) is 5.99. The van der Waals surface area contributed by atoms with Crippen molar-refractivity contribution in [1.29, 1.82) is 0 Å². The quantitative estimate of drug-likeness (QED) is 0.364. The van der Waals surface area contributed by atoms with Gasteiger partial charge in [0.05, 0.1) is 6.42 Å². The van der Waals surface area contributed by atoms with Crippen LogP contribution >= 0.6 is 0 Å². The molecule has 3 unspecified atom stereocenters. The summed E-state index contributed by atoms with van der Waals surface area (Å²) in [6.45, 7) is 8.90. The molecule has 1 aliphatic carbocycles. The number of benzene rings is 1. The summed E-state index contributed by atoms with van der Waals surface area (Å²) in [4.78, 5) is 53.3. The average molecular weight is 505 g/mol. The number of aromatic hydroxyl groups is 1. The van der Waals surface area contributed by atoms with Crippen LogP contribution < -0.4 is 16.4 Å². The van der Waals surface area contributed by atoms with Crippen LogP contribution in [0.2, 0.25) is 0 Å². The van der Waals surface area contributed by atoms with E-state index >= 15 is 0 Å². The number of alkyl carbamates (subject to hydrolysis) is 1. The lowest BCUT2D eigenvalue weighted by Crippen LogP contribution is -2.58. The molecule has 1 fully saturated rings. The first-order valence-electron chi connectivity index (χ1n) is 12.5. The molecule has 0 bridgehead atoms. The van der Waals surface area contributed by atoms with E-state index in [9.17, 15) is 24.3 Å². The van der Waals surface area contributed by atoms with Crippen LogP contribution in [0.5, 0.6) is 5.75 Å². The molecule has 200 valence electrons. The number of rotatable bonds is 11. The summed E-state index contributed by atoms with van der Waals surface area (Å²) in [5.74, 6) is -2.02. The van der Waals surface area contributed by atoms with E-state index in [0.717, 1.165) is 19.3 Å². The molecule has 0 saturated heterocycles. The molecule has 0 aliphatic heterocycles. The largest absolute Gasteiger partial charge is 0.508 e. The number of nitrogens with two attached hydrogens (primary N) is 1. The highest BCUT2D eigenvalue weighted by Gasteiger charge is 2.43. The number of phenolic OH excluding ortho intramolecular Hbond substituents is 1. The highest BCUT2D eigenvalue weighted by atomic mass is 16.6. The van der Waals surface area contributed by atoms with E-state index in [1.54, 1.807) is 39.0 Å². The number of nitrogens with zero attached hydrogens (tertiary/aromatic N) is 1. The Labute approximate surface area is 212 Å². The second-order valence-corrected chi connectivity index (χ2v) is 10.4. The minimum absolute atomic E-state index is 0.135. The molecule has 1 saturated carbocycles. The zero-order valence-corrected chi connectivity index (χ0v) is 21.9. The molecular formula is C26H40N4O6. The van der Waals surface area contributed by atoms with E-state index in [1.165, 1.54) is 11.0 Å². The van der Waals surface area contributed by atoms with Gasteiger partial charge in [-0.2, -0.15) is 0 Å². The first-order valence-corrected chi connectivity index (χ1v) is 12.5. The third kappa shape index (κ3) is 8.13. The average Bonchev–Trinajstić information content (AvgIpc) is 2.70. The number of carbonyl (C=O) groups excluding carboxylic acids is 4. The molecule has 10 nitrogen and oxygen atoms in total. The van der Waals surface area contributed by atoms with Crippen molar-refractivity contribution in [2.24, 2.45) is 5.73 Å². The minimum Gasteiger partial charge on any atom is -0.508 e. The van der Waals surface area contributed by atoms with E-state index in [-0.39, 0.29) is 23.4 Å². The number of carbonyl (C=O) groups is 4. The maximum atomic E-state index is 13.9. The summed E-state index contributed by atoms with van der Waals surface area (Å²) >= 11 is 0. The minimum atomic E-state index is -1.34. The van der Waals surface area contributed by atoms with Crippen molar-refractivity contribution in [3.63, 3.8) is 0 Å². The van der Waals surface area contributed by atoms with Crippen molar-refractivity contribution in [3.8, 4) is 5.75 Å². The summed E-state index contributed by atoms with van der Waals surface area (Å²) < 4.78 is 5.28. The summed E-state index contributed by atoms with van der Waals surface area (Å²) in [7, 11) is 0. The lowest BCUT2D eigenvalue weighted by Gasteiger charge is -2.43. The summed E-state index contributed by atoms with van der Waals surface area (Å²) in [5.41, 5.74) is 4.84. The Bertz CT molecular complexity index is 941. The Balaban J connectivity index is 2.50. The topological polar surface area (TPSA) is 151 Å². The van der Waals surface area contributed by atoms with Crippen LogP contribution in [0.1, 0.15) is 84.7 Å². The molecule has 1 aromatic carbocycles. The Morgan fingerprint density at radius 3 is 2.31 bits per heavy atom. The van der Waals surface area contributed by atoms with Crippen molar-refractivity contribution >= 4 is 23.8 Å². The molecule has 0 spiro atoms. The number of hydrogen-bond donors (Lipinski definition) is 4. The van der Waals surface area contributed by atoms with E-state index < -0.39 is 47.9 Å². The van der Waals surface area contributed by atoms with Crippen LogP contribution in [0.3, 0.4) is 0 Å². The number of hydrogen-bond acceptors (Lipinski definition) is 6. The lowest BCUT2D eigenvalue weighted by molar-refractivity contribution is -0.148. The second-order valence-electron chi connectivity index (χ2n) is 10.4. The SMILES string of the molecule is CCCC(C)NC(=O)C(c1ccccc1O)N(C(=O)C(CC(N)=O)NC(=O)OC(C)(C)C)C1CCC1. The van der Waals surface area contributed by atoms with Gasteiger partial charge in [-0.15, -0.1) is 0 Å². The van der Waals surface area contributed by atoms with Gasteiger partial charge in [-0.1, -0.05) is 31.5 Å². The number of ether oxygens (including phenoxy) is 1. The maximum absolute atomic E-state index is 13.9. The van der Waals surface area contributed by atoms with Gasteiger partial charge in [0.1, 0.15) is 23.4 Å². The van der Waals surface area contributed by atoms with Gasteiger partial charge in [0, 0.05) is 17.6 Å². The number of para-hydroxylation sites is 1. The van der Waals surface area contributed by atoms with Crippen molar-refractivity contribution in [2.75, 3.05) is 0 Å². The van der Waals surface area contributed by atoms with E-state index in [0.29, 0.717) is 12.8 Å². The van der Waals surface area contributed by atoms with E-state index in [1.807, 2.05) is 13.8 Å². The summed E-state index contributed by atoms with van der Waals surface area (Å²) in [6.07, 6.45) is 2.39. The molecule has 1 aliphatic rings. The fraction of sp³-hybridized carbons (Fsp3) is 0.615.